The van der Waals surface area contributed by atoms with Crippen molar-refractivity contribution in [2.75, 3.05) is 6.54 Å². The molecule has 3 aromatic carbocycles. The van der Waals surface area contributed by atoms with Crippen LogP contribution in [-0.2, 0) is 42.6 Å². The second kappa shape index (κ2) is 13.3. The molecule has 6 rings (SSSR count). The number of pyridine rings is 1. The third kappa shape index (κ3) is 6.84. The third-order valence-electron chi connectivity index (χ3n) is 8.11. The van der Waals surface area contributed by atoms with Gasteiger partial charge in [0, 0.05) is 57.8 Å². The van der Waals surface area contributed by atoms with E-state index in [-0.39, 0.29) is 18.4 Å². The molecule has 1 unspecified atom stereocenters. The largest absolute Gasteiger partial charge is 0.336 e. The van der Waals surface area contributed by atoms with E-state index in [0.717, 1.165) is 34.2 Å². The number of hydrogen-bond donors (Lipinski definition) is 0. The maximum absolute atomic E-state index is 14.5. The number of amides is 2. The van der Waals surface area contributed by atoms with Crippen LogP contribution in [0.5, 0.6) is 0 Å². The van der Waals surface area contributed by atoms with E-state index in [0.29, 0.717) is 25.2 Å². The Balaban J connectivity index is 1.34. The molecular weight excluding hydrogens is 546 g/mol. The summed E-state index contributed by atoms with van der Waals surface area (Å²) in [6.07, 6.45) is 9.84. The minimum atomic E-state index is -0.691. The Bertz CT molecular complexity index is 1750. The van der Waals surface area contributed by atoms with Crippen molar-refractivity contribution in [2.24, 2.45) is 7.05 Å². The van der Waals surface area contributed by atoms with Gasteiger partial charge in [0.25, 0.3) is 0 Å². The van der Waals surface area contributed by atoms with Crippen molar-refractivity contribution in [2.45, 2.75) is 32.0 Å². The summed E-state index contributed by atoms with van der Waals surface area (Å²) in [4.78, 5) is 36.3. The molecule has 3 heterocycles. The monoisotopic (exact) mass is 581 g/mol. The topological polar surface area (TPSA) is 71.3 Å². The van der Waals surface area contributed by atoms with Gasteiger partial charge in [-0.25, -0.2) is 0 Å². The summed E-state index contributed by atoms with van der Waals surface area (Å²) in [5.41, 5.74) is 7.19. The van der Waals surface area contributed by atoms with Crippen molar-refractivity contribution in [3.63, 3.8) is 0 Å². The van der Waals surface area contributed by atoms with E-state index in [2.05, 4.69) is 22.2 Å². The van der Waals surface area contributed by atoms with Crippen LogP contribution in [-0.4, -0.2) is 49.0 Å². The fourth-order valence-corrected chi connectivity index (χ4v) is 5.72. The van der Waals surface area contributed by atoms with E-state index < -0.39 is 6.04 Å². The van der Waals surface area contributed by atoms with Crippen LogP contribution >= 0.6 is 0 Å². The van der Waals surface area contributed by atoms with Gasteiger partial charge < -0.3 is 9.80 Å². The number of nitrogens with zero attached hydrogens (tertiary/aromatic N) is 5. The summed E-state index contributed by atoms with van der Waals surface area (Å²) < 4.78 is 1.70. The molecule has 2 aromatic heterocycles. The average Bonchev–Trinajstić information content (AvgIpc) is 3.50. The highest BCUT2D eigenvalue weighted by molar-refractivity contribution is 5.95. The molecule has 0 bridgehead atoms. The Hall–Kier alpha value is -5.30. The molecule has 220 valence electrons. The lowest BCUT2D eigenvalue weighted by molar-refractivity contribution is -0.144. The first-order chi connectivity index (χ1) is 21.5. The summed E-state index contributed by atoms with van der Waals surface area (Å²) in [5.74, 6) is -0.281. The van der Waals surface area contributed by atoms with E-state index in [4.69, 9.17) is 0 Å². The van der Waals surface area contributed by atoms with E-state index in [9.17, 15) is 9.59 Å². The summed E-state index contributed by atoms with van der Waals surface area (Å²) >= 11 is 0. The van der Waals surface area contributed by atoms with Crippen LogP contribution < -0.4 is 0 Å². The van der Waals surface area contributed by atoms with Gasteiger partial charge in [-0.1, -0.05) is 78.9 Å². The number of hydrogen-bond acceptors (Lipinski definition) is 4. The highest BCUT2D eigenvalue weighted by Crippen LogP contribution is 2.24. The summed E-state index contributed by atoms with van der Waals surface area (Å²) in [5, 5.41) is 4.39. The van der Waals surface area contributed by atoms with Crippen molar-refractivity contribution in [1.29, 1.82) is 0 Å². The summed E-state index contributed by atoms with van der Waals surface area (Å²) in [7, 11) is 1.84. The molecule has 0 saturated carbocycles. The van der Waals surface area contributed by atoms with Gasteiger partial charge >= 0.3 is 0 Å². The highest BCUT2D eigenvalue weighted by Gasteiger charge is 2.34. The van der Waals surface area contributed by atoms with Gasteiger partial charge in [-0.3, -0.25) is 19.3 Å². The Morgan fingerprint density at radius 2 is 1.55 bits per heavy atom. The molecule has 1 aliphatic heterocycles. The summed E-state index contributed by atoms with van der Waals surface area (Å²) in [6.45, 7) is 1.44. The number of rotatable bonds is 9. The molecule has 0 saturated heterocycles. The number of aryl methyl sites for hydroxylation is 1. The molecule has 7 heteroatoms. The molecule has 1 atom stereocenters. The number of benzene rings is 3. The number of carbonyl (C=O) groups is 2. The van der Waals surface area contributed by atoms with Crippen LogP contribution in [0, 0.1) is 0 Å². The van der Waals surface area contributed by atoms with Crippen LogP contribution in [0.25, 0.3) is 17.2 Å². The molecule has 0 radical (unpaired) electrons. The maximum atomic E-state index is 14.5. The molecule has 1 aliphatic rings. The van der Waals surface area contributed by atoms with Gasteiger partial charge in [0.2, 0.25) is 11.8 Å². The van der Waals surface area contributed by atoms with Gasteiger partial charge in [0.05, 0.1) is 5.69 Å². The zero-order valence-electron chi connectivity index (χ0n) is 24.8. The van der Waals surface area contributed by atoms with E-state index in [1.807, 2.05) is 103 Å². The van der Waals surface area contributed by atoms with Crippen LogP contribution in [0.4, 0.5) is 0 Å². The predicted octanol–water partition coefficient (Wildman–Crippen LogP) is 5.72. The van der Waals surface area contributed by atoms with Crippen molar-refractivity contribution < 1.29 is 9.59 Å². The standard InChI is InChI=1S/C37H35N5O2/c1-40-23-20-34(39-40)15-16-36(43)42(26-29-11-13-31(14-12-29)32-17-21-38-22-18-32)35(25-28-7-3-2-4-8-28)37(44)41-24-19-30-9-5-6-10-33(30)27-41/h2-18,20-23,35H,19,24-27H2,1H3. The predicted molar refractivity (Wildman–Crippen MR) is 172 cm³/mol. The van der Waals surface area contributed by atoms with Crippen molar-refractivity contribution >= 4 is 17.9 Å². The van der Waals surface area contributed by atoms with Gasteiger partial charge in [0.15, 0.2) is 0 Å². The van der Waals surface area contributed by atoms with Crippen molar-refractivity contribution in [1.82, 2.24) is 24.6 Å². The number of fused-ring (bicyclic) bond motifs is 1. The van der Waals surface area contributed by atoms with E-state index >= 15 is 0 Å². The minimum Gasteiger partial charge on any atom is -0.336 e. The fourth-order valence-electron chi connectivity index (χ4n) is 5.72. The van der Waals surface area contributed by atoms with Gasteiger partial charge in [-0.05, 0) is 64.1 Å². The fraction of sp³-hybridized carbons (Fsp3) is 0.189. The Morgan fingerprint density at radius 3 is 2.27 bits per heavy atom. The molecule has 44 heavy (non-hydrogen) atoms. The van der Waals surface area contributed by atoms with E-state index in [1.54, 1.807) is 28.1 Å². The molecule has 0 spiro atoms. The molecule has 0 N–H and O–H groups in total. The van der Waals surface area contributed by atoms with Gasteiger partial charge in [0.1, 0.15) is 6.04 Å². The lowest BCUT2D eigenvalue weighted by Gasteiger charge is -2.37. The van der Waals surface area contributed by atoms with Crippen LogP contribution in [0.2, 0.25) is 0 Å². The first-order valence-electron chi connectivity index (χ1n) is 14.9. The molecule has 0 aliphatic carbocycles. The van der Waals surface area contributed by atoms with Gasteiger partial charge in [-0.2, -0.15) is 5.10 Å². The zero-order chi connectivity index (χ0) is 30.3. The molecule has 5 aromatic rings. The van der Waals surface area contributed by atoms with Crippen LogP contribution in [0.15, 0.2) is 122 Å². The molecule has 0 fully saturated rings. The SMILES string of the molecule is Cn1ccc(C=CC(=O)N(Cc2ccc(-c3ccncc3)cc2)C(Cc2ccccc2)C(=O)N2CCc3ccccc3C2)n1. The average molecular weight is 582 g/mol. The smallest absolute Gasteiger partial charge is 0.247 e. The quantitative estimate of drug-likeness (QED) is 0.209. The molecule has 2 amide bonds. The van der Waals surface area contributed by atoms with Crippen LogP contribution in [0.3, 0.4) is 0 Å². The van der Waals surface area contributed by atoms with Crippen molar-refractivity contribution in [3.05, 3.63) is 150 Å². The number of aromatic nitrogens is 3. The summed E-state index contributed by atoms with van der Waals surface area (Å²) in [6, 6.07) is 31.5. The molecule has 7 nitrogen and oxygen atoms in total. The minimum absolute atomic E-state index is 0.0450. The first-order valence-corrected chi connectivity index (χ1v) is 14.9. The molecular formula is C37H35N5O2. The zero-order valence-corrected chi connectivity index (χ0v) is 24.8. The highest BCUT2D eigenvalue weighted by atomic mass is 16.2. The maximum Gasteiger partial charge on any atom is 0.247 e. The Morgan fingerprint density at radius 1 is 0.841 bits per heavy atom. The Kier molecular flexibility index (Phi) is 8.73. The lowest BCUT2D eigenvalue weighted by atomic mass is 9.97. The van der Waals surface area contributed by atoms with Gasteiger partial charge in [-0.15, -0.1) is 0 Å². The second-order valence-electron chi connectivity index (χ2n) is 11.1. The van der Waals surface area contributed by atoms with E-state index in [1.165, 1.54) is 11.6 Å². The second-order valence-corrected chi connectivity index (χ2v) is 11.1. The van der Waals surface area contributed by atoms with Crippen molar-refractivity contribution in [3.8, 4) is 11.1 Å². The normalized spacial score (nSPS) is 13.4. The Labute approximate surface area is 258 Å². The first kappa shape index (κ1) is 28.8. The van der Waals surface area contributed by atoms with Crippen LogP contribution in [0.1, 0.15) is 27.9 Å². The number of carbonyl (C=O) groups excluding carboxylic acids is 2. The lowest BCUT2D eigenvalue weighted by Crippen LogP contribution is -2.52. The third-order valence-corrected chi connectivity index (χ3v) is 8.11.